The molecule has 6 heteroatoms. The first kappa shape index (κ1) is 13.9. The molecule has 1 aliphatic heterocycles. The highest BCUT2D eigenvalue weighted by Gasteiger charge is 2.27. The van der Waals surface area contributed by atoms with Crippen LogP contribution >= 0.6 is 23.2 Å². The third-order valence-corrected chi connectivity index (χ3v) is 3.68. The molecule has 0 saturated carbocycles. The lowest BCUT2D eigenvalue weighted by atomic mass is 10.1. The van der Waals surface area contributed by atoms with Gasteiger partial charge in [0.15, 0.2) is 0 Å². The van der Waals surface area contributed by atoms with Crippen LogP contribution in [0.25, 0.3) is 11.8 Å². The molecule has 2 aromatic rings. The van der Waals surface area contributed by atoms with E-state index in [9.17, 15) is 4.79 Å². The van der Waals surface area contributed by atoms with E-state index >= 15 is 0 Å². The van der Waals surface area contributed by atoms with Gasteiger partial charge in [-0.3, -0.25) is 4.98 Å². The lowest BCUT2D eigenvalue weighted by Crippen LogP contribution is -1.94. The van der Waals surface area contributed by atoms with E-state index in [-0.39, 0.29) is 0 Å². The number of rotatable bonds is 2. The smallest absolute Gasteiger partial charge is 0.344 e. The van der Waals surface area contributed by atoms with Gasteiger partial charge in [-0.15, -0.1) is 0 Å². The summed E-state index contributed by atoms with van der Waals surface area (Å²) in [5.74, 6) is 0.552. The first-order chi connectivity index (χ1) is 10.1. The van der Waals surface area contributed by atoms with Crippen molar-refractivity contribution in [3.63, 3.8) is 0 Å². The Bertz CT molecular complexity index is 751. The first-order valence-corrected chi connectivity index (χ1v) is 6.77. The van der Waals surface area contributed by atoms with Gasteiger partial charge in [0, 0.05) is 23.5 Å². The molecule has 0 bridgehead atoms. The van der Waals surface area contributed by atoms with Crippen molar-refractivity contribution < 1.29 is 14.3 Å². The zero-order chi connectivity index (χ0) is 15.0. The number of benzene rings is 1. The molecule has 1 aromatic carbocycles. The Kier molecular flexibility index (Phi) is 3.57. The molecular formula is C15H9Cl2NO3. The summed E-state index contributed by atoms with van der Waals surface area (Å²) < 4.78 is 10.4. The largest absolute Gasteiger partial charge is 0.497 e. The van der Waals surface area contributed by atoms with Crippen molar-refractivity contribution in [3.05, 3.63) is 57.3 Å². The number of carbonyl (C=O) groups excluding carboxylic acids is 1. The van der Waals surface area contributed by atoms with Gasteiger partial charge in [0.25, 0.3) is 0 Å². The number of fused-ring (bicyclic) bond motifs is 1. The van der Waals surface area contributed by atoms with Crippen LogP contribution in [0, 0.1) is 0 Å². The molecule has 0 atom stereocenters. The van der Waals surface area contributed by atoms with Crippen molar-refractivity contribution in [2.75, 3.05) is 7.11 Å². The van der Waals surface area contributed by atoms with E-state index in [1.54, 1.807) is 24.3 Å². The molecule has 0 aliphatic carbocycles. The molecule has 0 spiro atoms. The van der Waals surface area contributed by atoms with Gasteiger partial charge in [-0.25, -0.2) is 4.79 Å². The minimum Gasteiger partial charge on any atom is -0.497 e. The summed E-state index contributed by atoms with van der Waals surface area (Å²) in [4.78, 5) is 15.8. The van der Waals surface area contributed by atoms with Gasteiger partial charge in [0.2, 0.25) is 0 Å². The number of methoxy groups -OCH3 is 1. The standard InChI is InChI=1S/C15H9Cl2NO3/c1-20-8-2-3-9-10(4-8)15(19)21-14(9)5-11-12(16)6-18-7-13(11)17/h2-7H,1H3. The highest BCUT2D eigenvalue weighted by atomic mass is 35.5. The molecule has 1 aromatic heterocycles. The normalized spacial score (nSPS) is 15.0. The Hall–Kier alpha value is -2.04. The zero-order valence-corrected chi connectivity index (χ0v) is 12.4. The monoisotopic (exact) mass is 321 g/mol. The lowest BCUT2D eigenvalue weighted by Gasteiger charge is -2.03. The quantitative estimate of drug-likeness (QED) is 0.782. The van der Waals surface area contributed by atoms with Gasteiger partial charge in [0.1, 0.15) is 11.5 Å². The zero-order valence-electron chi connectivity index (χ0n) is 10.9. The molecule has 0 saturated heterocycles. The minimum atomic E-state index is -0.434. The van der Waals surface area contributed by atoms with Gasteiger partial charge in [-0.05, 0) is 24.3 Å². The number of cyclic esters (lactones) is 1. The predicted octanol–water partition coefficient (Wildman–Crippen LogP) is 4.07. The van der Waals surface area contributed by atoms with Crippen LogP contribution in [-0.2, 0) is 4.74 Å². The first-order valence-electron chi connectivity index (χ1n) is 6.01. The van der Waals surface area contributed by atoms with Crippen LogP contribution in [0.2, 0.25) is 10.0 Å². The number of hydrogen-bond donors (Lipinski definition) is 0. The molecule has 0 unspecified atom stereocenters. The number of esters is 1. The topological polar surface area (TPSA) is 48.4 Å². The molecule has 106 valence electrons. The summed E-state index contributed by atoms with van der Waals surface area (Å²) >= 11 is 12.1. The second-order valence-electron chi connectivity index (χ2n) is 4.33. The van der Waals surface area contributed by atoms with Crippen molar-refractivity contribution in [1.29, 1.82) is 0 Å². The molecule has 2 heterocycles. The van der Waals surface area contributed by atoms with Gasteiger partial charge in [-0.2, -0.15) is 0 Å². The van der Waals surface area contributed by atoms with E-state index in [1.807, 2.05) is 0 Å². The number of pyridine rings is 1. The average Bonchev–Trinajstić information content (AvgIpc) is 2.79. The van der Waals surface area contributed by atoms with Crippen molar-refractivity contribution in [1.82, 2.24) is 4.98 Å². The molecule has 0 amide bonds. The Morgan fingerprint density at radius 1 is 1.19 bits per heavy atom. The second-order valence-corrected chi connectivity index (χ2v) is 5.14. The molecule has 3 rings (SSSR count). The Balaban J connectivity index is 2.11. The predicted molar refractivity (Wildman–Crippen MR) is 80.5 cm³/mol. The Labute approximate surface area is 130 Å². The summed E-state index contributed by atoms with van der Waals surface area (Å²) in [5, 5.41) is 0.765. The van der Waals surface area contributed by atoms with Crippen LogP contribution < -0.4 is 4.74 Å². The molecule has 0 radical (unpaired) electrons. The fourth-order valence-corrected chi connectivity index (χ4v) is 2.52. The lowest BCUT2D eigenvalue weighted by molar-refractivity contribution is 0.0717. The highest BCUT2D eigenvalue weighted by molar-refractivity contribution is 6.37. The van der Waals surface area contributed by atoms with Crippen LogP contribution in [0.15, 0.2) is 30.6 Å². The molecule has 0 N–H and O–H groups in total. The summed E-state index contributed by atoms with van der Waals surface area (Å²) in [7, 11) is 1.54. The molecule has 1 aliphatic rings. The van der Waals surface area contributed by atoms with Crippen LogP contribution in [0.4, 0.5) is 0 Å². The van der Waals surface area contributed by atoms with Crippen LogP contribution in [0.3, 0.4) is 0 Å². The van der Waals surface area contributed by atoms with E-state index in [2.05, 4.69) is 4.98 Å². The third-order valence-electron chi connectivity index (χ3n) is 3.08. The number of halogens is 2. The van der Waals surface area contributed by atoms with Crippen molar-refractivity contribution in [2.24, 2.45) is 0 Å². The maximum absolute atomic E-state index is 11.9. The van der Waals surface area contributed by atoms with E-state index in [0.29, 0.717) is 38.2 Å². The fourth-order valence-electron chi connectivity index (χ4n) is 2.04. The Morgan fingerprint density at radius 3 is 2.57 bits per heavy atom. The summed E-state index contributed by atoms with van der Waals surface area (Å²) in [6.07, 6.45) is 4.58. The molecule has 0 fully saturated rings. The van der Waals surface area contributed by atoms with E-state index in [0.717, 1.165) is 0 Å². The van der Waals surface area contributed by atoms with E-state index in [4.69, 9.17) is 32.7 Å². The number of carbonyl (C=O) groups is 1. The average molecular weight is 322 g/mol. The van der Waals surface area contributed by atoms with E-state index < -0.39 is 5.97 Å². The number of aromatic nitrogens is 1. The summed E-state index contributed by atoms with van der Waals surface area (Å²) in [6.45, 7) is 0. The maximum Gasteiger partial charge on any atom is 0.344 e. The fraction of sp³-hybridized carbons (Fsp3) is 0.0667. The SMILES string of the molecule is COc1ccc2c(c1)C(=O)OC2=Cc1c(Cl)cncc1Cl. The van der Waals surface area contributed by atoms with Crippen LogP contribution in [0.5, 0.6) is 5.75 Å². The van der Waals surface area contributed by atoms with Crippen LogP contribution in [0.1, 0.15) is 21.5 Å². The highest BCUT2D eigenvalue weighted by Crippen LogP contribution is 2.35. The number of hydrogen-bond acceptors (Lipinski definition) is 4. The van der Waals surface area contributed by atoms with Crippen molar-refractivity contribution in [2.45, 2.75) is 0 Å². The van der Waals surface area contributed by atoms with E-state index in [1.165, 1.54) is 19.5 Å². The van der Waals surface area contributed by atoms with Crippen LogP contribution in [-0.4, -0.2) is 18.1 Å². The number of ether oxygens (including phenoxy) is 2. The third kappa shape index (κ3) is 2.48. The second kappa shape index (κ2) is 5.39. The molecule has 4 nitrogen and oxygen atoms in total. The minimum absolute atomic E-state index is 0.382. The van der Waals surface area contributed by atoms with Crippen molar-refractivity contribution >= 4 is 41.0 Å². The maximum atomic E-state index is 11.9. The molecule has 21 heavy (non-hydrogen) atoms. The van der Waals surface area contributed by atoms with Gasteiger partial charge < -0.3 is 9.47 Å². The number of nitrogens with zero attached hydrogens (tertiary/aromatic N) is 1. The van der Waals surface area contributed by atoms with Gasteiger partial charge in [0.05, 0.1) is 22.7 Å². The molecular weight excluding hydrogens is 313 g/mol. The van der Waals surface area contributed by atoms with Crippen molar-refractivity contribution in [3.8, 4) is 5.75 Å². The summed E-state index contributed by atoms with van der Waals surface area (Å²) in [6, 6.07) is 5.15. The Morgan fingerprint density at radius 2 is 1.90 bits per heavy atom. The van der Waals surface area contributed by atoms with Gasteiger partial charge in [-0.1, -0.05) is 23.2 Å². The summed E-state index contributed by atoms with van der Waals surface area (Å²) in [5.41, 5.74) is 1.67. The van der Waals surface area contributed by atoms with Gasteiger partial charge >= 0.3 is 5.97 Å².